The van der Waals surface area contributed by atoms with Crippen molar-refractivity contribution in [1.29, 1.82) is 5.26 Å². The third kappa shape index (κ3) is 2.76. The molecule has 1 saturated carbocycles. The summed E-state index contributed by atoms with van der Waals surface area (Å²) in [5.74, 6) is 1.11. The maximum atomic E-state index is 8.52. The Bertz CT molecular complexity index is 193. The zero-order chi connectivity index (χ0) is 8.27. The van der Waals surface area contributed by atoms with Crippen molar-refractivity contribution in [3.8, 4) is 6.07 Å². The maximum Gasteiger partial charge on any atom is 0.0658 e. The van der Waals surface area contributed by atoms with Crippen LogP contribution >= 0.6 is 0 Å². The van der Waals surface area contributed by atoms with Gasteiger partial charge in [-0.3, -0.25) is 0 Å². The van der Waals surface area contributed by atoms with Crippen molar-refractivity contribution in [3.05, 3.63) is 11.6 Å². The van der Waals surface area contributed by atoms with Gasteiger partial charge in [0, 0.05) is 5.92 Å². The van der Waals surface area contributed by atoms with Gasteiger partial charge in [0.05, 0.1) is 6.07 Å². The largest absolute Gasteiger partial charge is 0.198 e. The molecular formula is C10H15N. The first-order valence-electron chi connectivity index (χ1n) is 4.27. The minimum absolute atomic E-state index is 0.389. The molecule has 1 aliphatic carbocycles. The highest BCUT2D eigenvalue weighted by Gasteiger charge is 2.35. The van der Waals surface area contributed by atoms with Crippen LogP contribution in [-0.4, -0.2) is 0 Å². The maximum absolute atomic E-state index is 8.52. The lowest BCUT2D eigenvalue weighted by atomic mass is 10.1. The van der Waals surface area contributed by atoms with Crippen LogP contribution in [0.2, 0.25) is 0 Å². The Hall–Kier alpha value is -0.770. The van der Waals surface area contributed by atoms with Gasteiger partial charge in [0.25, 0.3) is 0 Å². The lowest BCUT2D eigenvalue weighted by Crippen LogP contribution is -1.78. The Morgan fingerprint density at radius 1 is 1.64 bits per heavy atom. The molecule has 0 aliphatic heterocycles. The van der Waals surface area contributed by atoms with Gasteiger partial charge in [0.15, 0.2) is 0 Å². The summed E-state index contributed by atoms with van der Waals surface area (Å²) < 4.78 is 0. The molecule has 0 bridgehead atoms. The van der Waals surface area contributed by atoms with Crippen LogP contribution in [0.3, 0.4) is 0 Å². The predicted molar refractivity (Wildman–Crippen MR) is 45.9 cm³/mol. The lowest BCUT2D eigenvalue weighted by molar-refractivity contribution is 0.709. The van der Waals surface area contributed by atoms with Crippen molar-refractivity contribution in [3.63, 3.8) is 0 Å². The van der Waals surface area contributed by atoms with Crippen molar-refractivity contribution >= 4 is 0 Å². The molecule has 1 fully saturated rings. The highest BCUT2D eigenvalue weighted by molar-refractivity contribution is 5.02. The first-order valence-corrected chi connectivity index (χ1v) is 4.27. The number of nitrogens with zero attached hydrogens (tertiary/aromatic N) is 1. The minimum Gasteiger partial charge on any atom is -0.198 e. The van der Waals surface area contributed by atoms with E-state index in [1.807, 2.05) is 0 Å². The van der Waals surface area contributed by atoms with Crippen LogP contribution < -0.4 is 0 Å². The van der Waals surface area contributed by atoms with Crippen LogP contribution in [-0.2, 0) is 0 Å². The van der Waals surface area contributed by atoms with Crippen molar-refractivity contribution in [2.24, 2.45) is 11.8 Å². The van der Waals surface area contributed by atoms with Gasteiger partial charge in [-0.2, -0.15) is 5.26 Å². The SMILES string of the molecule is CC(C)=CCCC1CC1C#N. The first-order chi connectivity index (χ1) is 5.24. The molecule has 2 atom stereocenters. The highest BCUT2D eigenvalue weighted by Crippen LogP contribution is 2.41. The summed E-state index contributed by atoms with van der Waals surface area (Å²) in [4.78, 5) is 0. The lowest BCUT2D eigenvalue weighted by Gasteiger charge is -1.91. The second-order valence-electron chi connectivity index (χ2n) is 3.59. The molecule has 1 rings (SSSR count). The standard InChI is InChI=1S/C10H15N/c1-8(2)4-3-5-9-6-10(9)7-11/h4,9-10H,3,5-6H2,1-2H3. The van der Waals surface area contributed by atoms with Crippen molar-refractivity contribution < 1.29 is 0 Å². The molecule has 0 radical (unpaired) electrons. The van der Waals surface area contributed by atoms with Crippen molar-refractivity contribution in [2.75, 3.05) is 0 Å². The van der Waals surface area contributed by atoms with Gasteiger partial charge in [-0.25, -0.2) is 0 Å². The second-order valence-corrected chi connectivity index (χ2v) is 3.59. The summed E-state index contributed by atoms with van der Waals surface area (Å²) in [5, 5.41) is 8.52. The molecule has 0 amide bonds. The summed E-state index contributed by atoms with van der Waals surface area (Å²) in [6, 6.07) is 2.31. The molecule has 1 heteroatoms. The molecule has 0 aromatic carbocycles. The number of allylic oxidation sites excluding steroid dienone is 2. The van der Waals surface area contributed by atoms with Gasteiger partial charge in [0.1, 0.15) is 0 Å². The molecule has 0 N–H and O–H groups in total. The molecule has 0 aromatic heterocycles. The van der Waals surface area contributed by atoms with Gasteiger partial charge in [-0.15, -0.1) is 0 Å². The molecule has 2 unspecified atom stereocenters. The summed E-state index contributed by atoms with van der Waals surface area (Å²) in [6.07, 6.45) is 5.77. The molecule has 1 aliphatic rings. The smallest absolute Gasteiger partial charge is 0.0658 e. The Morgan fingerprint density at radius 2 is 2.36 bits per heavy atom. The molecule has 0 aromatic rings. The fourth-order valence-corrected chi connectivity index (χ4v) is 1.31. The summed E-state index contributed by atoms with van der Waals surface area (Å²) in [5.41, 5.74) is 1.39. The molecule has 0 spiro atoms. The van der Waals surface area contributed by atoms with Gasteiger partial charge >= 0.3 is 0 Å². The van der Waals surface area contributed by atoms with Crippen LogP contribution in [0.25, 0.3) is 0 Å². The van der Waals surface area contributed by atoms with E-state index in [-0.39, 0.29) is 0 Å². The van der Waals surface area contributed by atoms with Crippen molar-refractivity contribution in [2.45, 2.75) is 33.1 Å². The summed E-state index contributed by atoms with van der Waals surface area (Å²) in [6.45, 7) is 4.24. The summed E-state index contributed by atoms with van der Waals surface area (Å²) >= 11 is 0. The Balaban J connectivity index is 2.08. The molecule has 0 heterocycles. The third-order valence-corrected chi connectivity index (χ3v) is 2.18. The van der Waals surface area contributed by atoms with Crippen molar-refractivity contribution in [1.82, 2.24) is 0 Å². The molecule has 1 nitrogen and oxygen atoms in total. The topological polar surface area (TPSA) is 23.8 Å². The Kier molecular flexibility index (Phi) is 2.70. The number of hydrogen-bond acceptors (Lipinski definition) is 1. The number of rotatable bonds is 3. The monoisotopic (exact) mass is 149 g/mol. The fraction of sp³-hybridized carbons (Fsp3) is 0.700. The average Bonchev–Trinajstić information content (AvgIpc) is 2.66. The third-order valence-electron chi connectivity index (χ3n) is 2.18. The molecule has 60 valence electrons. The van der Waals surface area contributed by atoms with Crippen LogP contribution in [0, 0.1) is 23.2 Å². The Labute approximate surface area is 68.7 Å². The van der Waals surface area contributed by atoms with Gasteiger partial charge in [-0.1, -0.05) is 11.6 Å². The molecule has 0 saturated heterocycles. The normalized spacial score (nSPS) is 27.4. The average molecular weight is 149 g/mol. The van der Waals surface area contributed by atoms with E-state index >= 15 is 0 Å². The van der Waals surface area contributed by atoms with E-state index in [1.54, 1.807) is 0 Å². The van der Waals surface area contributed by atoms with Crippen LogP contribution in [0.5, 0.6) is 0 Å². The minimum atomic E-state index is 0.389. The van der Waals surface area contributed by atoms with E-state index in [0.717, 1.165) is 18.8 Å². The van der Waals surface area contributed by atoms with E-state index < -0.39 is 0 Å². The zero-order valence-corrected chi connectivity index (χ0v) is 7.30. The zero-order valence-electron chi connectivity index (χ0n) is 7.30. The quantitative estimate of drug-likeness (QED) is 0.566. The first kappa shape index (κ1) is 8.33. The Morgan fingerprint density at radius 3 is 2.82 bits per heavy atom. The number of nitriles is 1. The molecule has 11 heavy (non-hydrogen) atoms. The highest BCUT2D eigenvalue weighted by atomic mass is 14.4. The number of hydrogen-bond donors (Lipinski definition) is 0. The molecular weight excluding hydrogens is 134 g/mol. The second kappa shape index (κ2) is 3.57. The van der Waals surface area contributed by atoms with E-state index in [0.29, 0.717) is 5.92 Å². The predicted octanol–water partition coefficient (Wildman–Crippen LogP) is 2.89. The van der Waals surface area contributed by atoms with E-state index in [4.69, 9.17) is 5.26 Å². The fourth-order valence-electron chi connectivity index (χ4n) is 1.31. The van der Waals surface area contributed by atoms with Crippen LogP contribution in [0.4, 0.5) is 0 Å². The van der Waals surface area contributed by atoms with Gasteiger partial charge < -0.3 is 0 Å². The van der Waals surface area contributed by atoms with Gasteiger partial charge in [0.2, 0.25) is 0 Å². The van der Waals surface area contributed by atoms with E-state index in [1.165, 1.54) is 12.0 Å². The van der Waals surface area contributed by atoms with E-state index in [2.05, 4.69) is 26.0 Å². The van der Waals surface area contributed by atoms with Gasteiger partial charge in [-0.05, 0) is 39.0 Å². The van der Waals surface area contributed by atoms with E-state index in [9.17, 15) is 0 Å². The van der Waals surface area contributed by atoms with Crippen LogP contribution in [0.15, 0.2) is 11.6 Å². The van der Waals surface area contributed by atoms with Crippen LogP contribution in [0.1, 0.15) is 33.1 Å². The summed E-state index contributed by atoms with van der Waals surface area (Å²) in [7, 11) is 0.